The van der Waals surface area contributed by atoms with Gasteiger partial charge in [-0.1, -0.05) is 18.2 Å². The first-order valence-corrected chi connectivity index (χ1v) is 7.98. The Hall–Kier alpha value is -2.41. The number of nitrogens with zero attached hydrogens (tertiary/aromatic N) is 1. The van der Waals surface area contributed by atoms with Crippen molar-refractivity contribution in [2.75, 3.05) is 6.61 Å². The van der Waals surface area contributed by atoms with E-state index >= 15 is 0 Å². The lowest BCUT2D eigenvalue weighted by atomic mass is 10.2. The maximum absolute atomic E-state index is 12.0. The summed E-state index contributed by atoms with van der Waals surface area (Å²) >= 11 is 0.970. The first-order chi connectivity index (χ1) is 11.0. The topological polar surface area (TPSA) is 91.3 Å². The Morgan fingerprint density at radius 3 is 2.74 bits per heavy atom. The number of hydrogen-bond donors (Lipinski definition) is 1. The van der Waals surface area contributed by atoms with Gasteiger partial charge in [-0.15, -0.1) is 11.3 Å². The van der Waals surface area contributed by atoms with Crippen molar-refractivity contribution in [2.45, 2.75) is 26.8 Å². The highest BCUT2D eigenvalue weighted by atomic mass is 32.1. The number of aromatic nitrogens is 1. The molecule has 0 saturated heterocycles. The van der Waals surface area contributed by atoms with Gasteiger partial charge in [0.1, 0.15) is 10.8 Å². The van der Waals surface area contributed by atoms with Crippen LogP contribution in [0.3, 0.4) is 0 Å². The van der Waals surface area contributed by atoms with Crippen LogP contribution in [0.1, 0.15) is 32.9 Å². The zero-order chi connectivity index (χ0) is 16.8. The van der Waals surface area contributed by atoms with Crippen molar-refractivity contribution in [3.8, 4) is 5.75 Å². The number of thiazole rings is 1. The first kappa shape index (κ1) is 17.0. The van der Waals surface area contributed by atoms with Crippen LogP contribution in [0.5, 0.6) is 5.75 Å². The van der Waals surface area contributed by atoms with Crippen LogP contribution in [0, 0.1) is 6.92 Å². The molecule has 2 rings (SSSR count). The van der Waals surface area contributed by atoms with Gasteiger partial charge in [0.15, 0.2) is 0 Å². The lowest BCUT2D eigenvalue weighted by molar-refractivity contribution is -0.254. The highest BCUT2D eigenvalue weighted by Gasteiger charge is 2.12. The Labute approximate surface area is 138 Å². The van der Waals surface area contributed by atoms with Crippen molar-refractivity contribution < 1.29 is 19.4 Å². The molecule has 0 fully saturated rings. The number of aryl methyl sites for hydroxylation is 1. The number of carboxylic acid groups (broad SMARTS) is 1. The van der Waals surface area contributed by atoms with E-state index in [0.717, 1.165) is 22.6 Å². The van der Waals surface area contributed by atoms with Crippen molar-refractivity contribution in [1.82, 2.24) is 10.3 Å². The standard InChI is InChI=1S/C16H18N2O4S/c1-3-22-12-7-5-4-6-11(12)9-17-13(19)8-14-18-10(2)15(23-14)16(20)21/h4-7H,3,8-9H2,1-2H3,(H,17,19)(H,20,21)/p-1. The van der Waals surface area contributed by atoms with Gasteiger partial charge < -0.3 is 20.0 Å². The molecule has 0 radical (unpaired) electrons. The number of rotatable bonds is 7. The minimum atomic E-state index is -1.27. The zero-order valence-electron chi connectivity index (χ0n) is 12.9. The molecule has 1 heterocycles. The number of benzene rings is 1. The van der Waals surface area contributed by atoms with Crippen LogP contribution in [-0.4, -0.2) is 23.5 Å². The molecular formula is C16H17N2O4S-. The first-order valence-electron chi connectivity index (χ1n) is 7.16. The molecule has 1 aromatic carbocycles. The maximum atomic E-state index is 12.0. The van der Waals surface area contributed by atoms with E-state index in [0.29, 0.717) is 23.9 Å². The van der Waals surface area contributed by atoms with Crippen molar-refractivity contribution in [1.29, 1.82) is 0 Å². The summed E-state index contributed by atoms with van der Waals surface area (Å²) in [6.45, 7) is 4.37. The molecule has 6 nitrogen and oxygen atoms in total. The van der Waals surface area contributed by atoms with E-state index in [1.807, 2.05) is 31.2 Å². The molecule has 0 aliphatic heterocycles. The van der Waals surface area contributed by atoms with Crippen molar-refractivity contribution in [2.24, 2.45) is 0 Å². The third-order valence-electron chi connectivity index (χ3n) is 3.09. The molecule has 0 spiro atoms. The Morgan fingerprint density at radius 2 is 2.09 bits per heavy atom. The largest absolute Gasteiger partial charge is 0.544 e. The predicted octanol–water partition coefficient (Wildman–Crippen LogP) is 1.07. The summed E-state index contributed by atoms with van der Waals surface area (Å²) < 4.78 is 5.50. The molecule has 1 aromatic heterocycles. The lowest BCUT2D eigenvalue weighted by Gasteiger charge is -2.10. The number of ether oxygens (including phenoxy) is 1. The molecule has 23 heavy (non-hydrogen) atoms. The maximum Gasteiger partial charge on any atom is 0.227 e. The number of amides is 1. The minimum absolute atomic E-state index is 0.0373. The van der Waals surface area contributed by atoms with Crippen LogP contribution in [0.2, 0.25) is 0 Å². The molecule has 1 N–H and O–H groups in total. The van der Waals surface area contributed by atoms with E-state index in [1.165, 1.54) is 0 Å². The van der Waals surface area contributed by atoms with Crippen LogP contribution in [-0.2, 0) is 17.8 Å². The van der Waals surface area contributed by atoms with Crippen LogP contribution in [0.15, 0.2) is 24.3 Å². The molecule has 0 unspecified atom stereocenters. The van der Waals surface area contributed by atoms with Gasteiger partial charge >= 0.3 is 0 Å². The fourth-order valence-electron chi connectivity index (χ4n) is 2.06. The number of para-hydroxylation sites is 1. The number of aromatic carboxylic acids is 1. The minimum Gasteiger partial charge on any atom is -0.544 e. The summed E-state index contributed by atoms with van der Waals surface area (Å²) in [5, 5.41) is 14.1. The molecular weight excluding hydrogens is 316 g/mol. The quantitative estimate of drug-likeness (QED) is 0.818. The van der Waals surface area contributed by atoms with Crippen molar-refractivity contribution >= 4 is 23.2 Å². The lowest BCUT2D eigenvalue weighted by Crippen LogP contribution is -2.24. The second kappa shape index (κ2) is 7.73. The Kier molecular flexibility index (Phi) is 5.70. The molecule has 0 saturated carbocycles. The highest BCUT2D eigenvalue weighted by molar-refractivity contribution is 7.13. The van der Waals surface area contributed by atoms with Crippen LogP contribution >= 0.6 is 11.3 Å². The predicted molar refractivity (Wildman–Crippen MR) is 84.3 cm³/mol. The number of carbonyl (C=O) groups excluding carboxylic acids is 2. The van der Waals surface area contributed by atoms with Crippen molar-refractivity contribution in [3.63, 3.8) is 0 Å². The molecule has 1 amide bonds. The van der Waals surface area contributed by atoms with Gasteiger partial charge in [0.25, 0.3) is 0 Å². The number of hydrogen-bond acceptors (Lipinski definition) is 6. The number of carbonyl (C=O) groups is 2. The molecule has 122 valence electrons. The average Bonchev–Trinajstić information content (AvgIpc) is 2.87. The third-order valence-corrected chi connectivity index (χ3v) is 4.22. The Bertz CT molecular complexity index is 712. The monoisotopic (exact) mass is 333 g/mol. The summed E-state index contributed by atoms with van der Waals surface area (Å²) in [6.07, 6.45) is 0.0373. The molecule has 0 bridgehead atoms. The van der Waals surface area contributed by atoms with E-state index in [4.69, 9.17) is 4.74 Å². The second-order valence-corrected chi connectivity index (χ2v) is 5.89. The summed E-state index contributed by atoms with van der Waals surface area (Å²) in [5.41, 5.74) is 1.26. The van der Waals surface area contributed by atoms with Gasteiger partial charge in [-0.05, 0) is 19.9 Å². The van der Waals surface area contributed by atoms with Gasteiger partial charge in [0, 0.05) is 12.1 Å². The molecule has 0 aliphatic carbocycles. The highest BCUT2D eigenvalue weighted by Crippen LogP contribution is 2.19. The van der Waals surface area contributed by atoms with E-state index < -0.39 is 5.97 Å². The normalized spacial score (nSPS) is 10.3. The van der Waals surface area contributed by atoms with E-state index in [9.17, 15) is 14.7 Å². The second-order valence-electron chi connectivity index (χ2n) is 4.80. The van der Waals surface area contributed by atoms with Gasteiger partial charge in [0.2, 0.25) is 5.91 Å². The van der Waals surface area contributed by atoms with Gasteiger partial charge in [-0.25, -0.2) is 4.98 Å². The fourth-order valence-corrected chi connectivity index (χ4v) is 2.96. The summed E-state index contributed by atoms with van der Waals surface area (Å²) in [6, 6.07) is 7.48. The molecule has 7 heteroatoms. The number of carboxylic acids is 1. The van der Waals surface area contributed by atoms with E-state index in [1.54, 1.807) is 6.92 Å². The Morgan fingerprint density at radius 1 is 1.35 bits per heavy atom. The van der Waals surface area contributed by atoms with E-state index in [-0.39, 0.29) is 17.2 Å². The smallest absolute Gasteiger partial charge is 0.227 e. The van der Waals surface area contributed by atoms with Gasteiger partial charge in [-0.3, -0.25) is 4.79 Å². The molecule has 0 atom stereocenters. The molecule has 2 aromatic rings. The third kappa shape index (κ3) is 4.53. The summed E-state index contributed by atoms with van der Waals surface area (Å²) in [7, 11) is 0. The zero-order valence-corrected chi connectivity index (χ0v) is 13.7. The van der Waals surface area contributed by atoms with Crippen LogP contribution < -0.4 is 15.2 Å². The molecule has 0 aliphatic rings. The van der Waals surface area contributed by atoms with Gasteiger partial charge in [0.05, 0.1) is 29.6 Å². The number of nitrogens with one attached hydrogen (secondary N) is 1. The Balaban J connectivity index is 1.95. The summed E-state index contributed by atoms with van der Waals surface area (Å²) in [5.74, 6) is -0.758. The fraction of sp³-hybridized carbons (Fsp3) is 0.312. The van der Waals surface area contributed by atoms with E-state index in [2.05, 4.69) is 10.3 Å². The van der Waals surface area contributed by atoms with Crippen LogP contribution in [0.25, 0.3) is 0 Å². The van der Waals surface area contributed by atoms with Crippen LogP contribution in [0.4, 0.5) is 0 Å². The summed E-state index contributed by atoms with van der Waals surface area (Å²) in [4.78, 5) is 27.0. The average molecular weight is 333 g/mol. The van der Waals surface area contributed by atoms with Crippen molar-refractivity contribution in [3.05, 3.63) is 45.4 Å². The van der Waals surface area contributed by atoms with Gasteiger partial charge in [-0.2, -0.15) is 0 Å². The SMILES string of the molecule is CCOc1ccccc1CNC(=O)Cc1nc(C)c(C(=O)[O-])s1.